The number of rotatable bonds is 8. The number of nitrogens with zero attached hydrogens (tertiary/aromatic N) is 5. The van der Waals surface area contributed by atoms with Crippen molar-refractivity contribution in [3.05, 3.63) is 75.8 Å². The molecule has 0 amide bonds. The summed E-state index contributed by atoms with van der Waals surface area (Å²) in [6, 6.07) is 15.6. The van der Waals surface area contributed by atoms with Gasteiger partial charge < -0.3 is 14.5 Å². The van der Waals surface area contributed by atoms with Gasteiger partial charge in [0.15, 0.2) is 17.3 Å². The number of benzene rings is 2. The third-order valence-electron chi connectivity index (χ3n) is 7.21. The van der Waals surface area contributed by atoms with Crippen molar-refractivity contribution in [2.75, 3.05) is 21.3 Å². The first kappa shape index (κ1) is 24.0. The Morgan fingerprint density at radius 2 is 1.78 bits per heavy atom. The highest BCUT2D eigenvalue weighted by Gasteiger charge is 2.33. The number of ether oxygens (including phenoxy) is 2. The van der Waals surface area contributed by atoms with Crippen LogP contribution < -0.4 is 15.0 Å². The van der Waals surface area contributed by atoms with Crippen LogP contribution in [0.25, 0.3) is 10.9 Å². The molecule has 1 fully saturated rings. The molecule has 2 aromatic heterocycles. The third kappa shape index (κ3) is 4.70. The molecule has 0 radical (unpaired) electrons. The maximum absolute atomic E-state index is 13.5. The van der Waals surface area contributed by atoms with Gasteiger partial charge in [-0.25, -0.2) is 4.68 Å². The molecule has 188 valence electrons. The van der Waals surface area contributed by atoms with Crippen molar-refractivity contribution >= 4 is 10.9 Å². The van der Waals surface area contributed by atoms with Gasteiger partial charge in [0, 0.05) is 23.1 Å². The van der Waals surface area contributed by atoms with Gasteiger partial charge in [-0.15, -0.1) is 5.10 Å². The van der Waals surface area contributed by atoms with E-state index in [0.717, 1.165) is 23.8 Å². The first-order valence-electron chi connectivity index (χ1n) is 12.4. The number of fused-ring (bicyclic) bond motifs is 1. The van der Waals surface area contributed by atoms with E-state index in [-0.39, 0.29) is 5.56 Å². The average molecular weight is 489 g/mol. The van der Waals surface area contributed by atoms with Gasteiger partial charge >= 0.3 is 0 Å². The minimum atomic E-state index is -0.409. The molecule has 1 saturated carbocycles. The normalized spacial score (nSPS) is 15.3. The standard InChI is InChI=1S/C27H32N6O3/c1-32(20-12-8-5-9-13-20)25(26-29-30-31-33(26)17-18-10-6-4-7-11-18)21-14-19-15-23(35-2)24(36-3)16-22(19)28-27(21)34/h4,6-7,10-11,14-16,20,25H,5,8-9,12-13,17H2,1-3H3,(H,28,34)/t25-/m0/s1. The number of hydrogen-bond acceptors (Lipinski definition) is 7. The Hall–Kier alpha value is -3.72. The molecule has 1 aliphatic carbocycles. The molecule has 1 aliphatic rings. The molecule has 0 aliphatic heterocycles. The van der Waals surface area contributed by atoms with E-state index in [1.165, 1.54) is 19.3 Å². The molecule has 0 saturated heterocycles. The van der Waals surface area contributed by atoms with E-state index in [1.54, 1.807) is 25.0 Å². The molecule has 36 heavy (non-hydrogen) atoms. The number of H-pyrrole nitrogens is 1. The van der Waals surface area contributed by atoms with Crippen LogP contribution in [0.15, 0.2) is 53.3 Å². The van der Waals surface area contributed by atoms with Gasteiger partial charge in [-0.2, -0.15) is 0 Å². The van der Waals surface area contributed by atoms with Crippen LogP contribution in [0.4, 0.5) is 0 Å². The molecule has 9 heteroatoms. The van der Waals surface area contributed by atoms with Crippen LogP contribution in [0.2, 0.25) is 0 Å². The van der Waals surface area contributed by atoms with Gasteiger partial charge in [0.05, 0.1) is 26.3 Å². The fourth-order valence-corrected chi connectivity index (χ4v) is 5.27. The summed E-state index contributed by atoms with van der Waals surface area (Å²) in [6.07, 6.45) is 5.79. The van der Waals surface area contributed by atoms with Crippen LogP contribution >= 0.6 is 0 Å². The second-order valence-corrected chi connectivity index (χ2v) is 9.39. The second kappa shape index (κ2) is 10.5. The molecule has 4 aromatic rings. The summed E-state index contributed by atoms with van der Waals surface area (Å²) in [4.78, 5) is 18.9. The molecule has 0 unspecified atom stereocenters. The topological polar surface area (TPSA) is 98.2 Å². The van der Waals surface area contributed by atoms with Gasteiger partial charge in [0.2, 0.25) is 0 Å². The summed E-state index contributed by atoms with van der Waals surface area (Å²) < 4.78 is 12.7. The highest BCUT2D eigenvalue weighted by molar-refractivity contribution is 5.83. The van der Waals surface area contributed by atoms with Gasteiger partial charge in [0.25, 0.3) is 5.56 Å². The van der Waals surface area contributed by atoms with E-state index in [2.05, 4.69) is 32.5 Å². The number of nitrogens with one attached hydrogen (secondary N) is 1. The van der Waals surface area contributed by atoms with E-state index in [4.69, 9.17) is 9.47 Å². The molecule has 5 rings (SSSR count). The molecule has 1 atom stereocenters. The van der Waals surface area contributed by atoms with Crippen molar-refractivity contribution in [1.29, 1.82) is 0 Å². The smallest absolute Gasteiger partial charge is 0.253 e. The van der Waals surface area contributed by atoms with Gasteiger partial charge in [-0.1, -0.05) is 49.6 Å². The average Bonchev–Trinajstić information content (AvgIpc) is 3.36. The summed E-state index contributed by atoms with van der Waals surface area (Å²) in [5.74, 6) is 1.82. The summed E-state index contributed by atoms with van der Waals surface area (Å²) in [7, 11) is 5.27. The first-order valence-corrected chi connectivity index (χ1v) is 12.4. The number of aromatic amines is 1. The minimum Gasteiger partial charge on any atom is -0.493 e. The van der Waals surface area contributed by atoms with E-state index in [1.807, 2.05) is 42.5 Å². The highest BCUT2D eigenvalue weighted by Crippen LogP contribution is 2.35. The summed E-state index contributed by atoms with van der Waals surface area (Å²) in [6.45, 7) is 0.523. The number of aromatic nitrogens is 5. The molecule has 2 aromatic carbocycles. The summed E-state index contributed by atoms with van der Waals surface area (Å²) >= 11 is 0. The Labute approximate surface area is 210 Å². The summed E-state index contributed by atoms with van der Waals surface area (Å²) in [5, 5.41) is 13.6. The molecular weight excluding hydrogens is 456 g/mol. The van der Waals surface area contributed by atoms with Crippen molar-refractivity contribution < 1.29 is 9.47 Å². The van der Waals surface area contributed by atoms with Crippen LogP contribution in [0, 0.1) is 0 Å². The zero-order valence-corrected chi connectivity index (χ0v) is 21.0. The predicted octanol–water partition coefficient (Wildman–Crippen LogP) is 3.93. The molecule has 9 nitrogen and oxygen atoms in total. The number of tetrazole rings is 1. The number of pyridine rings is 1. The van der Waals surface area contributed by atoms with Crippen LogP contribution in [-0.2, 0) is 6.54 Å². The highest BCUT2D eigenvalue weighted by atomic mass is 16.5. The predicted molar refractivity (Wildman–Crippen MR) is 138 cm³/mol. The fraction of sp³-hybridized carbons (Fsp3) is 0.407. The summed E-state index contributed by atoms with van der Waals surface area (Å²) in [5.41, 5.74) is 2.21. The van der Waals surface area contributed by atoms with Crippen molar-refractivity contribution in [1.82, 2.24) is 30.1 Å². The quantitative estimate of drug-likeness (QED) is 0.401. The lowest BCUT2D eigenvalue weighted by Crippen LogP contribution is -2.40. The maximum Gasteiger partial charge on any atom is 0.253 e. The van der Waals surface area contributed by atoms with Crippen LogP contribution in [0.5, 0.6) is 11.5 Å². The minimum absolute atomic E-state index is 0.170. The van der Waals surface area contributed by atoms with Crippen molar-refractivity contribution in [3.8, 4) is 11.5 Å². The Balaban J connectivity index is 1.63. The second-order valence-electron chi connectivity index (χ2n) is 9.39. The van der Waals surface area contributed by atoms with Gasteiger partial charge in [-0.05, 0) is 48.0 Å². The molecule has 0 bridgehead atoms. The third-order valence-corrected chi connectivity index (χ3v) is 7.21. The first-order chi connectivity index (χ1) is 17.6. The lowest BCUT2D eigenvalue weighted by molar-refractivity contribution is 0.149. The van der Waals surface area contributed by atoms with Crippen LogP contribution in [0.3, 0.4) is 0 Å². The Morgan fingerprint density at radius 1 is 1.06 bits per heavy atom. The van der Waals surface area contributed by atoms with E-state index in [9.17, 15) is 4.79 Å². The van der Waals surface area contributed by atoms with Gasteiger partial charge in [-0.3, -0.25) is 9.69 Å². The van der Waals surface area contributed by atoms with Crippen LogP contribution in [-0.4, -0.2) is 57.4 Å². The molecular formula is C27H32N6O3. The van der Waals surface area contributed by atoms with E-state index < -0.39 is 6.04 Å². The number of hydrogen-bond donors (Lipinski definition) is 1. The number of methoxy groups -OCH3 is 2. The SMILES string of the molecule is COc1cc2cc([C@@H](c3nnnn3Cc3ccccc3)N(C)C3CCCCC3)c(=O)[nH]c2cc1OC. The van der Waals surface area contributed by atoms with Crippen molar-refractivity contribution in [2.24, 2.45) is 0 Å². The lowest BCUT2D eigenvalue weighted by Gasteiger charge is -2.36. The zero-order chi connectivity index (χ0) is 25.1. The molecule has 1 N–H and O–H groups in total. The lowest BCUT2D eigenvalue weighted by atomic mass is 9.92. The molecule has 2 heterocycles. The van der Waals surface area contributed by atoms with Gasteiger partial charge in [0.1, 0.15) is 6.04 Å². The van der Waals surface area contributed by atoms with Crippen molar-refractivity contribution in [3.63, 3.8) is 0 Å². The fourth-order valence-electron chi connectivity index (χ4n) is 5.27. The Kier molecular flexibility index (Phi) is 6.99. The Morgan fingerprint density at radius 3 is 2.50 bits per heavy atom. The van der Waals surface area contributed by atoms with Crippen LogP contribution in [0.1, 0.15) is 55.1 Å². The van der Waals surface area contributed by atoms with E-state index in [0.29, 0.717) is 41.0 Å². The zero-order valence-electron chi connectivity index (χ0n) is 21.0. The maximum atomic E-state index is 13.5. The monoisotopic (exact) mass is 488 g/mol. The van der Waals surface area contributed by atoms with E-state index >= 15 is 0 Å². The largest absolute Gasteiger partial charge is 0.493 e. The Bertz CT molecular complexity index is 1380. The molecule has 0 spiro atoms. The van der Waals surface area contributed by atoms with Crippen molar-refractivity contribution in [2.45, 2.75) is 50.7 Å².